The van der Waals surface area contributed by atoms with Crippen LogP contribution in [0.4, 0.5) is 4.39 Å². The van der Waals surface area contributed by atoms with Crippen molar-refractivity contribution in [2.24, 2.45) is 5.92 Å². The van der Waals surface area contributed by atoms with Gasteiger partial charge in [-0.05, 0) is 111 Å². The van der Waals surface area contributed by atoms with Crippen LogP contribution in [0.5, 0.6) is 11.5 Å². The van der Waals surface area contributed by atoms with E-state index in [9.17, 15) is 9.28 Å². The van der Waals surface area contributed by atoms with Gasteiger partial charge >= 0.3 is 0 Å². The Bertz CT molecular complexity index is 1210. The van der Waals surface area contributed by atoms with Gasteiger partial charge in [-0.2, -0.15) is 4.39 Å². The van der Waals surface area contributed by atoms with Crippen molar-refractivity contribution in [3.63, 3.8) is 0 Å². The van der Waals surface area contributed by atoms with E-state index in [1.165, 1.54) is 24.8 Å². The number of methoxy groups -OCH3 is 1. The molecular formula is C32H42FN2O3P. The van der Waals surface area contributed by atoms with Crippen LogP contribution >= 0.6 is 8.15 Å². The first kappa shape index (κ1) is 28.1. The van der Waals surface area contributed by atoms with Crippen molar-refractivity contribution in [1.82, 2.24) is 9.78 Å². The molecule has 3 aliphatic carbocycles. The lowest BCUT2D eigenvalue weighted by atomic mass is 9.77. The zero-order valence-electron chi connectivity index (χ0n) is 23.3. The maximum atomic E-state index is 14.9. The maximum Gasteiger partial charge on any atom is 0.240 e. The summed E-state index contributed by atoms with van der Waals surface area (Å²) in [5, 5.41) is 4.16. The predicted octanol–water partition coefficient (Wildman–Crippen LogP) is 8.12. The summed E-state index contributed by atoms with van der Waals surface area (Å²) in [6, 6.07) is 14.6. The molecular weight excluding hydrogens is 510 g/mol. The third-order valence-corrected chi connectivity index (χ3v) is 8.78. The molecule has 0 radical (unpaired) electrons. The molecule has 1 N–H and O–H groups in total. The van der Waals surface area contributed by atoms with Gasteiger partial charge in [0.2, 0.25) is 5.95 Å². The molecule has 2 aromatic carbocycles. The van der Waals surface area contributed by atoms with Crippen LogP contribution < -0.4 is 9.47 Å². The fourth-order valence-corrected chi connectivity index (χ4v) is 5.84. The highest BCUT2D eigenvalue weighted by atomic mass is 31.1. The van der Waals surface area contributed by atoms with Gasteiger partial charge in [0, 0.05) is 14.3 Å². The van der Waals surface area contributed by atoms with E-state index in [1.807, 2.05) is 37.1 Å². The number of halogens is 1. The lowest BCUT2D eigenvalue weighted by Crippen LogP contribution is -2.19. The molecule has 1 atom stereocenters. The van der Waals surface area contributed by atoms with Crippen LogP contribution in [-0.2, 0) is 6.42 Å². The molecule has 0 aliphatic heterocycles. The van der Waals surface area contributed by atoms with Crippen molar-refractivity contribution >= 4 is 8.15 Å². The first-order valence-electron chi connectivity index (χ1n) is 14.5. The molecule has 3 saturated carbocycles. The second-order valence-electron chi connectivity index (χ2n) is 11.4. The second kappa shape index (κ2) is 13.3. The Hall–Kier alpha value is -2.43. The fourth-order valence-electron chi connectivity index (χ4n) is 5.26. The molecule has 3 fully saturated rings. The highest BCUT2D eigenvalue weighted by Gasteiger charge is 2.29. The highest BCUT2D eigenvalue weighted by Crippen LogP contribution is 2.43. The molecule has 3 aliphatic rings. The van der Waals surface area contributed by atoms with E-state index in [-0.39, 0.29) is 5.95 Å². The SMILES string of the molecule is C1CC1.COc1ccc(-c2cn(C3CC3)nc2F)c(C2CCC(COc3cccc(CCP(C)O)c3)CC2)c1. The van der Waals surface area contributed by atoms with Gasteiger partial charge < -0.3 is 14.4 Å². The van der Waals surface area contributed by atoms with E-state index in [0.29, 0.717) is 30.0 Å². The molecule has 5 nitrogen and oxygen atoms in total. The topological polar surface area (TPSA) is 56.5 Å². The fraction of sp³-hybridized carbons (Fsp3) is 0.531. The quantitative estimate of drug-likeness (QED) is 0.258. The number of hydrogen-bond donors (Lipinski definition) is 1. The largest absolute Gasteiger partial charge is 0.497 e. The summed E-state index contributed by atoms with van der Waals surface area (Å²) in [5.41, 5.74) is 3.91. The maximum absolute atomic E-state index is 14.9. The minimum atomic E-state index is -0.871. The molecule has 1 heterocycles. The monoisotopic (exact) mass is 552 g/mol. The predicted molar refractivity (Wildman–Crippen MR) is 157 cm³/mol. The summed E-state index contributed by atoms with van der Waals surface area (Å²) in [6.45, 7) is 2.60. The first-order chi connectivity index (χ1) is 19.0. The molecule has 0 saturated heterocycles. The van der Waals surface area contributed by atoms with Crippen molar-refractivity contribution < 1.29 is 18.8 Å². The van der Waals surface area contributed by atoms with Gasteiger partial charge in [-0.25, -0.2) is 0 Å². The Morgan fingerprint density at radius 3 is 2.41 bits per heavy atom. The van der Waals surface area contributed by atoms with Gasteiger partial charge in [-0.3, -0.25) is 4.68 Å². The molecule has 39 heavy (non-hydrogen) atoms. The summed E-state index contributed by atoms with van der Waals surface area (Å²) in [5.74, 6) is 2.21. The van der Waals surface area contributed by atoms with Crippen LogP contribution in [0, 0.1) is 11.9 Å². The average molecular weight is 553 g/mol. The molecule has 6 rings (SSSR count). The molecule has 210 valence electrons. The van der Waals surface area contributed by atoms with Gasteiger partial charge in [-0.15, -0.1) is 5.10 Å². The van der Waals surface area contributed by atoms with Crippen LogP contribution in [0.15, 0.2) is 48.7 Å². The Labute approximate surface area is 233 Å². The molecule has 7 heteroatoms. The normalized spacial score (nSPS) is 21.0. The van der Waals surface area contributed by atoms with Crippen LogP contribution in [0.3, 0.4) is 0 Å². The van der Waals surface area contributed by atoms with Crippen LogP contribution in [0.25, 0.3) is 11.1 Å². The number of nitrogens with zero attached hydrogens (tertiary/aromatic N) is 2. The number of aromatic nitrogens is 2. The number of rotatable bonds is 10. The van der Waals surface area contributed by atoms with E-state index in [4.69, 9.17) is 9.47 Å². The van der Waals surface area contributed by atoms with E-state index in [2.05, 4.69) is 23.3 Å². The van der Waals surface area contributed by atoms with Crippen molar-refractivity contribution in [1.29, 1.82) is 0 Å². The minimum absolute atomic E-state index is 0.352. The lowest BCUT2D eigenvalue weighted by Gasteiger charge is -2.30. The summed E-state index contributed by atoms with van der Waals surface area (Å²) in [6.07, 6.45) is 14.5. The Kier molecular flexibility index (Phi) is 9.57. The summed E-state index contributed by atoms with van der Waals surface area (Å²) in [4.78, 5) is 9.61. The first-order valence-corrected chi connectivity index (χ1v) is 16.5. The number of aryl methyl sites for hydroxylation is 1. The third kappa shape index (κ3) is 8.05. The van der Waals surface area contributed by atoms with Crippen molar-refractivity contribution in [2.75, 3.05) is 26.5 Å². The molecule has 0 spiro atoms. The lowest BCUT2D eigenvalue weighted by molar-refractivity contribution is 0.200. The van der Waals surface area contributed by atoms with Crippen LogP contribution in [0.1, 0.15) is 80.9 Å². The number of hydrogen-bond acceptors (Lipinski definition) is 4. The Morgan fingerprint density at radius 1 is 0.974 bits per heavy atom. The standard InChI is InChI=1S/C29H36FN2O3P.C3H6/c1-34-24-12-13-26(28-18-32(23-10-11-23)31-29(28)30)27(17-24)22-8-6-21(7-9-22)19-35-25-5-3-4-20(16-25)14-15-36(2)33;1-2-3-1/h3-5,12-13,16-18,21-23,33H,6-11,14-15,19H2,1-2H3;1-3H2. The van der Waals surface area contributed by atoms with E-state index < -0.39 is 8.15 Å². The number of ether oxygens (including phenoxy) is 2. The van der Waals surface area contributed by atoms with Gasteiger partial charge in [0.15, 0.2) is 0 Å². The minimum Gasteiger partial charge on any atom is -0.497 e. The molecule has 1 unspecified atom stereocenters. The van der Waals surface area contributed by atoms with Crippen LogP contribution in [0.2, 0.25) is 0 Å². The third-order valence-electron chi connectivity index (χ3n) is 7.91. The zero-order chi connectivity index (χ0) is 27.2. The van der Waals surface area contributed by atoms with E-state index in [1.54, 1.807) is 11.8 Å². The molecule has 0 bridgehead atoms. The van der Waals surface area contributed by atoms with E-state index >= 15 is 0 Å². The van der Waals surface area contributed by atoms with E-state index in [0.717, 1.165) is 73.7 Å². The Balaban J connectivity index is 0.000000962. The second-order valence-corrected chi connectivity index (χ2v) is 13.1. The smallest absolute Gasteiger partial charge is 0.240 e. The van der Waals surface area contributed by atoms with Crippen LogP contribution in [-0.4, -0.2) is 41.2 Å². The van der Waals surface area contributed by atoms with Crippen molar-refractivity contribution in [3.05, 3.63) is 65.7 Å². The Morgan fingerprint density at radius 2 is 1.74 bits per heavy atom. The van der Waals surface area contributed by atoms with Crippen molar-refractivity contribution in [2.45, 2.75) is 76.2 Å². The van der Waals surface area contributed by atoms with Gasteiger partial charge in [0.1, 0.15) is 11.5 Å². The van der Waals surface area contributed by atoms with Gasteiger partial charge in [0.05, 0.1) is 25.3 Å². The zero-order valence-corrected chi connectivity index (χ0v) is 24.2. The van der Waals surface area contributed by atoms with Gasteiger partial charge in [-0.1, -0.05) is 37.5 Å². The van der Waals surface area contributed by atoms with Crippen molar-refractivity contribution in [3.8, 4) is 22.6 Å². The molecule has 0 amide bonds. The average Bonchev–Trinajstić information content (AvgIpc) is 3.88. The molecule has 3 aromatic rings. The summed E-state index contributed by atoms with van der Waals surface area (Å²) >= 11 is 0. The molecule has 1 aromatic heterocycles. The summed E-state index contributed by atoms with van der Waals surface area (Å²) < 4.78 is 28.4. The van der Waals surface area contributed by atoms with Gasteiger partial charge in [0.25, 0.3) is 0 Å². The highest BCUT2D eigenvalue weighted by molar-refractivity contribution is 7.50. The number of benzene rings is 2. The summed E-state index contributed by atoms with van der Waals surface area (Å²) in [7, 11) is 0.808.